The summed E-state index contributed by atoms with van der Waals surface area (Å²) in [6, 6.07) is 0.0352. The Balaban J connectivity index is 1.63. The van der Waals surface area contributed by atoms with Crippen molar-refractivity contribution in [3.05, 3.63) is 16.1 Å². The SMILES string of the molecule is CC[C@@]1(C)CN(C(=O)NCCCCc2nc(C)cs2)CCO1. The van der Waals surface area contributed by atoms with E-state index < -0.39 is 0 Å². The van der Waals surface area contributed by atoms with Crippen molar-refractivity contribution in [3.8, 4) is 0 Å². The predicted octanol–water partition coefficient (Wildman–Crippen LogP) is 2.98. The lowest BCUT2D eigenvalue weighted by molar-refractivity contribution is -0.0872. The Morgan fingerprint density at radius 3 is 3.05 bits per heavy atom. The predicted molar refractivity (Wildman–Crippen MR) is 89.4 cm³/mol. The van der Waals surface area contributed by atoms with Crippen molar-refractivity contribution < 1.29 is 9.53 Å². The fourth-order valence-electron chi connectivity index (χ4n) is 2.54. The van der Waals surface area contributed by atoms with Gasteiger partial charge in [-0.1, -0.05) is 6.92 Å². The number of nitrogens with zero attached hydrogens (tertiary/aromatic N) is 2. The Kier molecular flexibility index (Phi) is 6.20. The molecular weight excluding hydrogens is 298 g/mol. The van der Waals surface area contributed by atoms with Crippen LogP contribution in [-0.4, -0.2) is 47.8 Å². The van der Waals surface area contributed by atoms with Crippen LogP contribution in [0.15, 0.2) is 5.38 Å². The highest BCUT2D eigenvalue weighted by Gasteiger charge is 2.32. The highest BCUT2D eigenvalue weighted by atomic mass is 32.1. The minimum Gasteiger partial charge on any atom is -0.372 e. The Morgan fingerprint density at radius 2 is 2.36 bits per heavy atom. The molecule has 0 unspecified atom stereocenters. The molecular formula is C16H27N3O2S. The van der Waals surface area contributed by atoms with Crippen molar-refractivity contribution in [1.82, 2.24) is 15.2 Å². The molecule has 124 valence electrons. The van der Waals surface area contributed by atoms with Crippen molar-refractivity contribution in [1.29, 1.82) is 0 Å². The largest absolute Gasteiger partial charge is 0.372 e. The van der Waals surface area contributed by atoms with Crippen molar-refractivity contribution >= 4 is 17.4 Å². The van der Waals surface area contributed by atoms with Gasteiger partial charge in [0, 0.05) is 24.2 Å². The van der Waals surface area contributed by atoms with E-state index in [1.165, 1.54) is 5.01 Å². The first-order valence-electron chi connectivity index (χ1n) is 8.10. The minimum absolute atomic E-state index is 0.0352. The maximum Gasteiger partial charge on any atom is 0.317 e. The Bertz CT molecular complexity index is 491. The first-order valence-corrected chi connectivity index (χ1v) is 8.98. The number of thiazole rings is 1. The number of aryl methyl sites for hydroxylation is 2. The van der Waals surface area contributed by atoms with Crippen LogP contribution in [0.4, 0.5) is 4.79 Å². The van der Waals surface area contributed by atoms with Crippen LogP contribution < -0.4 is 5.32 Å². The van der Waals surface area contributed by atoms with E-state index in [0.717, 1.165) is 37.9 Å². The number of urea groups is 1. The summed E-state index contributed by atoms with van der Waals surface area (Å²) in [5.74, 6) is 0. The van der Waals surface area contributed by atoms with Crippen LogP contribution in [-0.2, 0) is 11.2 Å². The second kappa shape index (κ2) is 7.92. The van der Waals surface area contributed by atoms with Crippen LogP contribution in [0.1, 0.15) is 43.8 Å². The van der Waals surface area contributed by atoms with Gasteiger partial charge >= 0.3 is 6.03 Å². The minimum atomic E-state index is -0.196. The number of morpholine rings is 1. The van der Waals surface area contributed by atoms with Gasteiger partial charge in [-0.3, -0.25) is 0 Å². The van der Waals surface area contributed by atoms with Crippen LogP contribution in [0.2, 0.25) is 0 Å². The molecule has 2 heterocycles. The molecule has 1 aromatic heterocycles. The molecule has 0 aliphatic carbocycles. The average Bonchev–Trinajstić information content (AvgIpc) is 2.92. The first-order chi connectivity index (χ1) is 10.5. The monoisotopic (exact) mass is 325 g/mol. The second-order valence-corrected chi connectivity index (χ2v) is 7.09. The number of carbonyl (C=O) groups is 1. The van der Waals surface area contributed by atoms with Crippen molar-refractivity contribution in [3.63, 3.8) is 0 Å². The van der Waals surface area contributed by atoms with Crippen LogP contribution in [0.25, 0.3) is 0 Å². The van der Waals surface area contributed by atoms with Gasteiger partial charge in [0.2, 0.25) is 0 Å². The van der Waals surface area contributed by atoms with Gasteiger partial charge in [0.15, 0.2) is 0 Å². The highest BCUT2D eigenvalue weighted by molar-refractivity contribution is 7.09. The lowest BCUT2D eigenvalue weighted by atomic mass is 10.0. The quantitative estimate of drug-likeness (QED) is 0.818. The number of amides is 2. The van der Waals surface area contributed by atoms with E-state index in [2.05, 4.69) is 29.5 Å². The smallest absolute Gasteiger partial charge is 0.317 e. The van der Waals surface area contributed by atoms with Gasteiger partial charge in [-0.05, 0) is 39.5 Å². The first kappa shape index (κ1) is 17.2. The summed E-state index contributed by atoms with van der Waals surface area (Å²) >= 11 is 1.72. The van der Waals surface area contributed by atoms with Gasteiger partial charge < -0.3 is 15.0 Å². The van der Waals surface area contributed by atoms with Crippen LogP contribution >= 0.6 is 11.3 Å². The summed E-state index contributed by atoms with van der Waals surface area (Å²) in [7, 11) is 0. The molecule has 0 saturated carbocycles. The molecule has 1 fully saturated rings. The maximum absolute atomic E-state index is 12.2. The van der Waals surface area contributed by atoms with Crippen LogP contribution in [0.5, 0.6) is 0 Å². The number of carbonyl (C=O) groups excluding carboxylic acids is 1. The number of hydrogen-bond donors (Lipinski definition) is 1. The van der Waals surface area contributed by atoms with Crippen molar-refractivity contribution in [2.45, 2.75) is 52.1 Å². The zero-order valence-corrected chi connectivity index (χ0v) is 14.7. The van der Waals surface area contributed by atoms with Gasteiger partial charge in [-0.2, -0.15) is 0 Å². The third kappa shape index (κ3) is 4.95. The third-order valence-electron chi connectivity index (χ3n) is 4.13. The zero-order valence-electron chi connectivity index (χ0n) is 13.9. The second-order valence-electron chi connectivity index (χ2n) is 6.15. The molecule has 0 radical (unpaired) electrons. The summed E-state index contributed by atoms with van der Waals surface area (Å²) in [5, 5.41) is 6.29. The summed E-state index contributed by atoms with van der Waals surface area (Å²) in [6.07, 6.45) is 3.96. The fourth-order valence-corrected chi connectivity index (χ4v) is 3.36. The van der Waals surface area contributed by atoms with Crippen LogP contribution in [0.3, 0.4) is 0 Å². The molecule has 5 nitrogen and oxygen atoms in total. The number of unbranched alkanes of at least 4 members (excludes halogenated alkanes) is 1. The molecule has 1 atom stereocenters. The molecule has 2 rings (SSSR count). The Morgan fingerprint density at radius 1 is 1.55 bits per heavy atom. The molecule has 1 N–H and O–H groups in total. The van der Waals surface area contributed by atoms with E-state index in [1.54, 1.807) is 11.3 Å². The van der Waals surface area contributed by atoms with E-state index in [-0.39, 0.29) is 11.6 Å². The molecule has 1 saturated heterocycles. The zero-order chi connectivity index (χ0) is 16.0. The number of aromatic nitrogens is 1. The van der Waals surface area contributed by atoms with Gasteiger partial charge in [-0.25, -0.2) is 9.78 Å². The average molecular weight is 325 g/mol. The van der Waals surface area contributed by atoms with Crippen molar-refractivity contribution in [2.75, 3.05) is 26.2 Å². The number of rotatable bonds is 6. The Hall–Kier alpha value is -1.14. The number of ether oxygens (including phenoxy) is 1. The highest BCUT2D eigenvalue weighted by Crippen LogP contribution is 2.20. The third-order valence-corrected chi connectivity index (χ3v) is 5.16. The van der Waals surface area contributed by atoms with E-state index >= 15 is 0 Å². The molecule has 6 heteroatoms. The van der Waals surface area contributed by atoms with E-state index in [4.69, 9.17) is 4.74 Å². The molecule has 1 aliphatic rings. The number of nitrogens with one attached hydrogen (secondary N) is 1. The summed E-state index contributed by atoms with van der Waals surface area (Å²) in [5.41, 5.74) is 0.901. The molecule has 22 heavy (non-hydrogen) atoms. The molecule has 2 amide bonds. The molecule has 1 aromatic rings. The lowest BCUT2D eigenvalue weighted by Gasteiger charge is -2.39. The summed E-state index contributed by atoms with van der Waals surface area (Å²) in [6.45, 7) is 8.90. The van der Waals surface area contributed by atoms with Gasteiger partial charge in [0.25, 0.3) is 0 Å². The summed E-state index contributed by atoms with van der Waals surface area (Å²) < 4.78 is 5.76. The van der Waals surface area contributed by atoms with Gasteiger partial charge in [-0.15, -0.1) is 11.3 Å². The van der Waals surface area contributed by atoms with E-state index in [0.29, 0.717) is 19.7 Å². The summed E-state index contributed by atoms with van der Waals surface area (Å²) in [4.78, 5) is 18.5. The van der Waals surface area contributed by atoms with E-state index in [9.17, 15) is 4.79 Å². The number of hydrogen-bond acceptors (Lipinski definition) is 4. The molecule has 0 bridgehead atoms. The van der Waals surface area contributed by atoms with Crippen LogP contribution in [0, 0.1) is 6.92 Å². The van der Waals surface area contributed by atoms with E-state index in [1.807, 2.05) is 11.8 Å². The fraction of sp³-hybridized carbons (Fsp3) is 0.750. The molecule has 0 spiro atoms. The standard InChI is InChI=1S/C16H27N3O2S/c1-4-16(3)12-19(9-10-21-16)15(20)17-8-6-5-7-14-18-13(2)11-22-14/h11H,4-10,12H2,1-3H3,(H,17,20)/t16-/m0/s1. The molecule has 0 aromatic carbocycles. The maximum atomic E-state index is 12.2. The molecule has 1 aliphatic heterocycles. The Labute approximate surface area is 137 Å². The topological polar surface area (TPSA) is 54.5 Å². The van der Waals surface area contributed by atoms with Crippen molar-refractivity contribution in [2.24, 2.45) is 0 Å². The lowest BCUT2D eigenvalue weighted by Crippen LogP contribution is -2.54. The van der Waals surface area contributed by atoms with Gasteiger partial charge in [0.05, 0.1) is 23.8 Å². The normalized spacial score (nSPS) is 21.9. The van der Waals surface area contributed by atoms with Gasteiger partial charge in [0.1, 0.15) is 0 Å².